The zero-order valence-electron chi connectivity index (χ0n) is 18.7. The normalized spacial score (nSPS) is 11.4. The van der Waals surface area contributed by atoms with Crippen LogP contribution in [0.15, 0.2) is 83.3 Å². The molecule has 0 fully saturated rings. The van der Waals surface area contributed by atoms with Gasteiger partial charge in [-0.3, -0.25) is 9.59 Å². The minimum atomic E-state index is -0.691. The van der Waals surface area contributed by atoms with Gasteiger partial charge in [-0.15, -0.1) is 0 Å². The summed E-state index contributed by atoms with van der Waals surface area (Å²) in [6.45, 7) is 0.0811. The Balaban J connectivity index is 1.85. The van der Waals surface area contributed by atoms with Crippen LogP contribution in [0, 0.1) is 0 Å². The summed E-state index contributed by atoms with van der Waals surface area (Å²) in [4.78, 5) is 27.8. The third-order valence-electron chi connectivity index (χ3n) is 5.18. The van der Waals surface area contributed by atoms with Crippen molar-refractivity contribution in [3.05, 3.63) is 94.5 Å². The standard InChI is InChI=1S/C26H27BrN2O4/c1-28-26(31)24(16-19-7-4-3-5-8-19)29(17-20-9-6-10-21(27)15-20)25(30)18-33-23-13-11-22(32-2)12-14-23/h3-15,24H,16-18H2,1-2H3,(H,28,31)/t24-/m1/s1. The number of methoxy groups -OCH3 is 1. The lowest BCUT2D eigenvalue weighted by molar-refractivity contribution is -0.142. The van der Waals surface area contributed by atoms with Crippen molar-refractivity contribution in [2.24, 2.45) is 0 Å². The molecule has 7 heteroatoms. The molecule has 0 spiro atoms. The highest BCUT2D eigenvalue weighted by atomic mass is 79.9. The van der Waals surface area contributed by atoms with E-state index in [4.69, 9.17) is 9.47 Å². The van der Waals surface area contributed by atoms with Crippen LogP contribution in [0.1, 0.15) is 11.1 Å². The molecule has 172 valence electrons. The summed E-state index contributed by atoms with van der Waals surface area (Å²) in [5.41, 5.74) is 1.87. The van der Waals surface area contributed by atoms with Crippen LogP contribution in [0.25, 0.3) is 0 Å². The Hall–Kier alpha value is -3.32. The fourth-order valence-electron chi connectivity index (χ4n) is 3.45. The first-order valence-electron chi connectivity index (χ1n) is 10.6. The number of halogens is 1. The van der Waals surface area contributed by atoms with Crippen LogP contribution in [0.4, 0.5) is 0 Å². The predicted molar refractivity (Wildman–Crippen MR) is 131 cm³/mol. The van der Waals surface area contributed by atoms with Crippen LogP contribution in [-0.2, 0) is 22.6 Å². The van der Waals surface area contributed by atoms with Gasteiger partial charge in [-0.2, -0.15) is 0 Å². The second-order valence-corrected chi connectivity index (χ2v) is 8.35. The Labute approximate surface area is 202 Å². The van der Waals surface area contributed by atoms with E-state index in [0.29, 0.717) is 17.9 Å². The second-order valence-electron chi connectivity index (χ2n) is 7.44. The molecule has 1 atom stereocenters. The van der Waals surface area contributed by atoms with Crippen molar-refractivity contribution in [3.8, 4) is 11.5 Å². The molecule has 3 aromatic rings. The monoisotopic (exact) mass is 510 g/mol. The van der Waals surface area contributed by atoms with E-state index in [-0.39, 0.29) is 25.0 Å². The maximum Gasteiger partial charge on any atom is 0.261 e. The van der Waals surface area contributed by atoms with Crippen molar-refractivity contribution >= 4 is 27.7 Å². The molecule has 3 aromatic carbocycles. The SMILES string of the molecule is CNC(=O)[C@@H](Cc1ccccc1)N(Cc1cccc(Br)c1)C(=O)COc1ccc(OC)cc1. The molecular weight excluding hydrogens is 484 g/mol. The Morgan fingerprint density at radius 1 is 0.939 bits per heavy atom. The van der Waals surface area contributed by atoms with Gasteiger partial charge in [0.2, 0.25) is 5.91 Å². The number of benzene rings is 3. The number of nitrogens with one attached hydrogen (secondary N) is 1. The largest absolute Gasteiger partial charge is 0.497 e. The molecule has 0 radical (unpaired) electrons. The van der Waals surface area contributed by atoms with Crippen LogP contribution in [0.2, 0.25) is 0 Å². The van der Waals surface area contributed by atoms with Crippen LogP contribution >= 0.6 is 15.9 Å². The Morgan fingerprint density at radius 3 is 2.24 bits per heavy atom. The van der Waals surface area contributed by atoms with Crippen LogP contribution in [-0.4, -0.2) is 43.5 Å². The molecule has 0 heterocycles. The number of hydrogen-bond donors (Lipinski definition) is 1. The fourth-order valence-corrected chi connectivity index (χ4v) is 3.90. The highest BCUT2D eigenvalue weighted by Gasteiger charge is 2.30. The molecule has 0 saturated carbocycles. The molecule has 0 saturated heterocycles. The topological polar surface area (TPSA) is 67.9 Å². The van der Waals surface area contributed by atoms with Gasteiger partial charge in [0, 0.05) is 24.5 Å². The second kappa shape index (κ2) is 12.1. The van der Waals surface area contributed by atoms with Crippen molar-refractivity contribution in [1.82, 2.24) is 10.2 Å². The summed E-state index contributed by atoms with van der Waals surface area (Å²) in [5.74, 6) is 0.737. The summed E-state index contributed by atoms with van der Waals surface area (Å²) in [6.07, 6.45) is 0.392. The van der Waals surface area contributed by atoms with Crippen molar-refractivity contribution in [2.75, 3.05) is 20.8 Å². The lowest BCUT2D eigenvalue weighted by Gasteiger charge is -2.31. The summed E-state index contributed by atoms with van der Waals surface area (Å²) in [5, 5.41) is 2.71. The summed E-state index contributed by atoms with van der Waals surface area (Å²) in [6, 6.07) is 23.7. The lowest BCUT2D eigenvalue weighted by Crippen LogP contribution is -2.51. The minimum Gasteiger partial charge on any atom is -0.497 e. The van der Waals surface area contributed by atoms with Gasteiger partial charge in [-0.05, 0) is 47.5 Å². The highest BCUT2D eigenvalue weighted by Crippen LogP contribution is 2.20. The number of likely N-dealkylation sites (N-methyl/N-ethyl adjacent to an activating group) is 1. The number of carbonyl (C=O) groups excluding carboxylic acids is 2. The van der Waals surface area contributed by atoms with E-state index >= 15 is 0 Å². The maximum atomic E-state index is 13.4. The molecule has 6 nitrogen and oxygen atoms in total. The quantitative estimate of drug-likeness (QED) is 0.443. The van der Waals surface area contributed by atoms with Crippen molar-refractivity contribution in [3.63, 3.8) is 0 Å². The first kappa shape index (κ1) is 24.3. The van der Waals surface area contributed by atoms with Crippen molar-refractivity contribution < 1.29 is 19.1 Å². The van der Waals surface area contributed by atoms with Gasteiger partial charge in [-0.1, -0.05) is 58.4 Å². The van der Waals surface area contributed by atoms with Crippen molar-refractivity contribution in [1.29, 1.82) is 0 Å². The highest BCUT2D eigenvalue weighted by molar-refractivity contribution is 9.10. The Kier molecular flexibility index (Phi) is 8.89. The van der Waals surface area contributed by atoms with E-state index in [1.165, 1.54) is 0 Å². The molecule has 0 unspecified atom stereocenters. The number of hydrogen-bond acceptors (Lipinski definition) is 4. The molecule has 0 aliphatic carbocycles. The average molecular weight is 511 g/mol. The molecule has 0 aromatic heterocycles. The molecule has 0 aliphatic heterocycles. The van der Waals surface area contributed by atoms with E-state index in [2.05, 4.69) is 21.2 Å². The van der Waals surface area contributed by atoms with E-state index in [1.54, 1.807) is 43.3 Å². The summed E-state index contributed by atoms with van der Waals surface area (Å²) in [7, 11) is 3.17. The maximum absolute atomic E-state index is 13.4. The third kappa shape index (κ3) is 7.08. The van der Waals surface area contributed by atoms with Crippen LogP contribution < -0.4 is 14.8 Å². The van der Waals surface area contributed by atoms with Gasteiger partial charge in [0.25, 0.3) is 5.91 Å². The van der Waals surface area contributed by atoms with Crippen LogP contribution in [0.3, 0.4) is 0 Å². The molecule has 33 heavy (non-hydrogen) atoms. The van der Waals surface area contributed by atoms with Gasteiger partial charge in [0.05, 0.1) is 7.11 Å². The predicted octanol–water partition coefficient (Wildman–Crippen LogP) is 4.22. The van der Waals surface area contributed by atoms with Gasteiger partial charge in [0.15, 0.2) is 6.61 Å². The molecule has 3 rings (SSSR count). The zero-order chi connectivity index (χ0) is 23.6. The smallest absolute Gasteiger partial charge is 0.261 e. The Morgan fingerprint density at radius 2 is 1.61 bits per heavy atom. The van der Waals surface area contributed by atoms with E-state index in [0.717, 1.165) is 15.6 Å². The van der Waals surface area contributed by atoms with Gasteiger partial charge < -0.3 is 19.7 Å². The van der Waals surface area contributed by atoms with Gasteiger partial charge in [0.1, 0.15) is 17.5 Å². The number of nitrogens with zero attached hydrogens (tertiary/aromatic N) is 1. The lowest BCUT2D eigenvalue weighted by atomic mass is 10.0. The first-order chi connectivity index (χ1) is 16.0. The molecule has 0 aliphatic rings. The van der Waals surface area contributed by atoms with Crippen molar-refractivity contribution in [2.45, 2.75) is 19.0 Å². The fraction of sp³-hybridized carbons (Fsp3) is 0.231. The number of rotatable bonds is 10. The van der Waals surface area contributed by atoms with Gasteiger partial charge in [-0.25, -0.2) is 0 Å². The zero-order valence-corrected chi connectivity index (χ0v) is 20.2. The van der Waals surface area contributed by atoms with E-state index < -0.39 is 6.04 Å². The van der Waals surface area contributed by atoms with E-state index in [1.807, 2.05) is 54.6 Å². The van der Waals surface area contributed by atoms with Crippen LogP contribution in [0.5, 0.6) is 11.5 Å². The molecule has 0 bridgehead atoms. The minimum absolute atomic E-state index is 0.192. The summed E-state index contributed by atoms with van der Waals surface area (Å²) < 4.78 is 11.8. The molecular formula is C26H27BrN2O4. The van der Waals surface area contributed by atoms with Gasteiger partial charge >= 0.3 is 0 Å². The third-order valence-corrected chi connectivity index (χ3v) is 5.67. The number of amides is 2. The number of carbonyl (C=O) groups is 2. The Bertz CT molecular complexity index is 1060. The van der Waals surface area contributed by atoms with E-state index in [9.17, 15) is 9.59 Å². The molecule has 2 amide bonds. The number of ether oxygens (including phenoxy) is 2. The average Bonchev–Trinajstić information content (AvgIpc) is 2.85. The summed E-state index contributed by atoms with van der Waals surface area (Å²) >= 11 is 3.48. The molecule has 1 N–H and O–H groups in total. The first-order valence-corrected chi connectivity index (χ1v) is 11.4.